The highest BCUT2D eigenvalue weighted by Gasteiger charge is 2.13. The molecule has 3 N–H and O–H groups in total. The molecule has 0 aliphatic carbocycles. The van der Waals surface area contributed by atoms with E-state index in [0.29, 0.717) is 17.3 Å². The minimum atomic E-state index is -0.318. The average molecular weight is 360 g/mol. The number of para-hydroxylation sites is 1. The van der Waals surface area contributed by atoms with Gasteiger partial charge in [-0.15, -0.1) is 0 Å². The zero-order chi connectivity index (χ0) is 17.5. The summed E-state index contributed by atoms with van der Waals surface area (Å²) in [6, 6.07) is 15.0. The second-order valence-electron chi connectivity index (χ2n) is 6.14. The highest BCUT2D eigenvalue weighted by atomic mass is 32.1. The van der Waals surface area contributed by atoms with Crippen molar-refractivity contribution in [1.82, 2.24) is 5.32 Å². The van der Waals surface area contributed by atoms with E-state index in [1.807, 2.05) is 0 Å². The third kappa shape index (κ3) is 5.49. The minimum Gasteiger partial charge on any atom is -0.370 e. The van der Waals surface area contributed by atoms with Crippen LogP contribution >= 0.6 is 12.2 Å². The number of hydrogen-bond donors (Lipinski definition) is 3. The van der Waals surface area contributed by atoms with Crippen LogP contribution in [0.2, 0.25) is 0 Å². The van der Waals surface area contributed by atoms with Crippen molar-refractivity contribution in [2.45, 2.75) is 13.1 Å². The zero-order valence-electron chi connectivity index (χ0n) is 14.1. The number of thiocarbonyl (C=S) groups is 1. The number of benzene rings is 2. The molecule has 132 valence electrons. The van der Waals surface area contributed by atoms with E-state index in [0.717, 1.165) is 38.4 Å². The molecule has 0 aromatic heterocycles. The van der Waals surface area contributed by atoms with Crippen molar-refractivity contribution in [2.24, 2.45) is 0 Å². The molecule has 1 saturated heterocycles. The molecule has 25 heavy (non-hydrogen) atoms. The molecular formula is C19H23FN3OS+. The van der Waals surface area contributed by atoms with Crippen LogP contribution in [0.15, 0.2) is 48.5 Å². The summed E-state index contributed by atoms with van der Waals surface area (Å²) >= 11 is 5.22. The quantitative estimate of drug-likeness (QED) is 0.710. The van der Waals surface area contributed by atoms with Crippen molar-refractivity contribution in [3.63, 3.8) is 0 Å². The molecule has 0 saturated carbocycles. The Morgan fingerprint density at radius 1 is 1.04 bits per heavy atom. The van der Waals surface area contributed by atoms with Crippen LogP contribution in [0.3, 0.4) is 0 Å². The van der Waals surface area contributed by atoms with Crippen molar-refractivity contribution in [1.29, 1.82) is 0 Å². The number of nitrogens with one attached hydrogen (secondary N) is 3. The fourth-order valence-corrected chi connectivity index (χ4v) is 2.99. The number of anilines is 1. The van der Waals surface area contributed by atoms with E-state index in [9.17, 15) is 4.39 Å². The number of quaternary nitrogens is 1. The number of ether oxygens (including phenoxy) is 1. The molecule has 0 spiro atoms. The lowest BCUT2D eigenvalue weighted by Crippen LogP contribution is -3.12. The Hall–Kier alpha value is -2.02. The van der Waals surface area contributed by atoms with Crippen LogP contribution in [-0.4, -0.2) is 31.4 Å². The lowest BCUT2D eigenvalue weighted by Gasteiger charge is -2.23. The molecule has 0 unspecified atom stereocenters. The first kappa shape index (κ1) is 17.8. The summed E-state index contributed by atoms with van der Waals surface area (Å²) in [4.78, 5) is 1.56. The minimum absolute atomic E-state index is 0.318. The molecule has 1 heterocycles. The van der Waals surface area contributed by atoms with Gasteiger partial charge in [0.05, 0.1) is 18.9 Å². The van der Waals surface area contributed by atoms with E-state index in [2.05, 4.69) is 34.9 Å². The van der Waals surface area contributed by atoms with E-state index in [4.69, 9.17) is 17.0 Å². The smallest absolute Gasteiger partial charge is 0.171 e. The first-order valence-electron chi connectivity index (χ1n) is 8.49. The summed E-state index contributed by atoms with van der Waals surface area (Å²) in [6.45, 7) is 5.47. The van der Waals surface area contributed by atoms with E-state index in [1.54, 1.807) is 23.1 Å². The van der Waals surface area contributed by atoms with E-state index < -0.39 is 0 Å². The topological polar surface area (TPSA) is 37.7 Å². The van der Waals surface area contributed by atoms with Gasteiger partial charge in [0.25, 0.3) is 0 Å². The molecule has 1 fully saturated rings. The van der Waals surface area contributed by atoms with Crippen molar-refractivity contribution < 1.29 is 14.0 Å². The van der Waals surface area contributed by atoms with Gasteiger partial charge in [-0.1, -0.05) is 36.4 Å². The summed E-state index contributed by atoms with van der Waals surface area (Å²) in [5, 5.41) is 6.39. The van der Waals surface area contributed by atoms with Crippen molar-refractivity contribution >= 4 is 23.0 Å². The first-order valence-corrected chi connectivity index (χ1v) is 8.90. The normalized spacial score (nSPS) is 14.9. The van der Waals surface area contributed by atoms with Gasteiger partial charge in [0.1, 0.15) is 25.5 Å². The van der Waals surface area contributed by atoms with Crippen LogP contribution < -0.4 is 15.5 Å². The van der Waals surface area contributed by atoms with Gasteiger partial charge in [-0.2, -0.15) is 0 Å². The molecule has 2 aromatic carbocycles. The summed E-state index contributed by atoms with van der Waals surface area (Å²) in [5.74, 6) is -0.318. The number of halogens is 1. The average Bonchev–Trinajstić information content (AvgIpc) is 2.64. The third-order valence-electron chi connectivity index (χ3n) is 4.25. The molecular weight excluding hydrogens is 337 g/mol. The van der Waals surface area contributed by atoms with Crippen molar-refractivity contribution in [2.75, 3.05) is 31.6 Å². The number of morpholine rings is 1. The Morgan fingerprint density at radius 2 is 1.72 bits per heavy atom. The van der Waals surface area contributed by atoms with Gasteiger partial charge in [0.2, 0.25) is 0 Å². The SMILES string of the molecule is Fc1ccccc1NC(=S)NCc1ccc(C[NH+]2CCOCC2)cc1. The molecule has 0 radical (unpaired) electrons. The van der Waals surface area contributed by atoms with Gasteiger partial charge in [-0.3, -0.25) is 0 Å². The van der Waals surface area contributed by atoms with Crippen LogP contribution in [0.5, 0.6) is 0 Å². The fourth-order valence-electron chi connectivity index (χ4n) is 2.81. The lowest BCUT2D eigenvalue weighted by atomic mass is 10.1. The number of rotatable bonds is 5. The summed E-state index contributed by atoms with van der Waals surface area (Å²) in [5.41, 5.74) is 2.84. The van der Waals surface area contributed by atoms with E-state index in [-0.39, 0.29) is 5.82 Å². The second-order valence-corrected chi connectivity index (χ2v) is 6.55. The van der Waals surface area contributed by atoms with Gasteiger partial charge >= 0.3 is 0 Å². The predicted molar refractivity (Wildman–Crippen MR) is 101 cm³/mol. The molecule has 4 nitrogen and oxygen atoms in total. The standard InChI is InChI=1S/C19H22FN3OS/c20-17-3-1-2-4-18(17)22-19(25)21-13-15-5-7-16(8-6-15)14-23-9-11-24-12-10-23/h1-8H,9-14H2,(H2,21,22,25)/p+1. The molecule has 3 rings (SSSR count). The Morgan fingerprint density at radius 3 is 2.44 bits per heavy atom. The van der Waals surface area contributed by atoms with Crippen LogP contribution in [0.1, 0.15) is 11.1 Å². The van der Waals surface area contributed by atoms with Crippen molar-refractivity contribution in [3.8, 4) is 0 Å². The Kier molecular flexibility index (Phi) is 6.33. The molecule has 0 atom stereocenters. The number of hydrogen-bond acceptors (Lipinski definition) is 2. The van der Waals surface area contributed by atoms with Gasteiger partial charge < -0.3 is 20.3 Å². The highest BCUT2D eigenvalue weighted by Crippen LogP contribution is 2.12. The largest absolute Gasteiger partial charge is 0.370 e. The van der Waals surface area contributed by atoms with Gasteiger partial charge in [-0.25, -0.2) is 4.39 Å². The first-order chi connectivity index (χ1) is 12.2. The van der Waals surface area contributed by atoms with E-state index >= 15 is 0 Å². The van der Waals surface area contributed by atoms with Crippen LogP contribution in [0.25, 0.3) is 0 Å². The van der Waals surface area contributed by atoms with Crippen LogP contribution in [0, 0.1) is 5.82 Å². The Balaban J connectivity index is 1.46. The zero-order valence-corrected chi connectivity index (χ0v) is 14.9. The molecule has 0 amide bonds. The van der Waals surface area contributed by atoms with Gasteiger partial charge in [0.15, 0.2) is 5.11 Å². The molecule has 6 heteroatoms. The van der Waals surface area contributed by atoms with Crippen LogP contribution in [0.4, 0.5) is 10.1 Å². The Bertz CT molecular complexity index is 702. The predicted octanol–water partition coefficient (Wildman–Crippen LogP) is 1.73. The maximum atomic E-state index is 13.6. The Labute approximate surface area is 153 Å². The maximum absolute atomic E-state index is 13.6. The lowest BCUT2D eigenvalue weighted by molar-refractivity contribution is -0.921. The van der Waals surface area contributed by atoms with Crippen molar-refractivity contribution in [3.05, 3.63) is 65.5 Å². The summed E-state index contributed by atoms with van der Waals surface area (Å²) in [7, 11) is 0. The highest BCUT2D eigenvalue weighted by molar-refractivity contribution is 7.80. The molecule has 1 aliphatic heterocycles. The monoisotopic (exact) mass is 360 g/mol. The second kappa shape index (κ2) is 8.89. The third-order valence-corrected chi connectivity index (χ3v) is 4.50. The van der Waals surface area contributed by atoms with Gasteiger partial charge in [-0.05, 0) is 29.9 Å². The van der Waals surface area contributed by atoms with Crippen LogP contribution in [-0.2, 0) is 17.8 Å². The molecule has 2 aromatic rings. The fraction of sp³-hybridized carbons (Fsp3) is 0.316. The summed E-state index contributed by atoms with van der Waals surface area (Å²) in [6.07, 6.45) is 0. The van der Waals surface area contributed by atoms with E-state index in [1.165, 1.54) is 11.6 Å². The maximum Gasteiger partial charge on any atom is 0.171 e. The summed E-state index contributed by atoms with van der Waals surface area (Å²) < 4.78 is 19.0. The molecule has 0 bridgehead atoms. The molecule has 1 aliphatic rings. The van der Waals surface area contributed by atoms with Gasteiger partial charge in [0, 0.05) is 12.1 Å².